The summed E-state index contributed by atoms with van der Waals surface area (Å²) >= 11 is 4.66. The summed E-state index contributed by atoms with van der Waals surface area (Å²) in [4.78, 5) is 24.9. The van der Waals surface area contributed by atoms with E-state index >= 15 is 0 Å². The maximum Gasteiger partial charge on any atom is 0.341 e. The molecule has 0 saturated carbocycles. The number of carbonyl (C=O) groups is 2. The van der Waals surface area contributed by atoms with E-state index in [0.717, 1.165) is 21.2 Å². The number of benzene rings is 2. The van der Waals surface area contributed by atoms with E-state index in [0.29, 0.717) is 16.1 Å². The van der Waals surface area contributed by atoms with Crippen molar-refractivity contribution in [2.24, 2.45) is 0 Å². The summed E-state index contributed by atoms with van der Waals surface area (Å²) in [6.45, 7) is 2.00. The third kappa shape index (κ3) is 3.86. The Bertz CT molecular complexity index is 963. The average Bonchev–Trinajstić information content (AvgIpc) is 3.05. The zero-order valence-electron chi connectivity index (χ0n) is 14.2. The fraction of sp³-hybridized carbons (Fsp3) is 0.100. The van der Waals surface area contributed by atoms with E-state index in [4.69, 9.17) is 4.74 Å². The molecule has 6 heteroatoms. The minimum atomic E-state index is -0.480. The van der Waals surface area contributed by atoms with Crippen LogP contribution in [0.5, 0.6) is 0 Å². The highest BCUT2D eigenvalue weighted by molar-refractivity contribution is 9.10. The highest BCUT2D eigenvalue weighted by Gasteiger charge is 2.22. The molecule has 0 fully saturated rings. The summed E-state index contributed by atoms with van der Waals surface area (Å²) in [5, 5.41) is 5.15. The van der Waals surface area contributed by atoms with Gasteiger partial charge in [0, 0.05) is 21.0 Å². The van der Waals surface area contributed by atoms with Gasteiger partial charge in [0.05, 0.1) is 7.11 Å². The standard InChI is InChI=1S/C20H16BrNO3S/c1-12-6-8-13(9-7-12)16-11-26-19(17(16)20(24)25-2)22-18(23)14-4-3-5-15(21)10-14/h3-11H,1-2H3,(H,22,23). The molecule has 3 rings (SSSR count). The molecule has 3 aromatic rings. The lowest BCUT2D eigenvalue weighted by Crippen LogP contribution is -2.14. The summed E-state index contributed by atoms with van der Waals surface area (Å²) in [6.07, 6.45) is 0. The Kier molecular flexibility index (Phi) is 5.54. The van der Waals surface area contributed by atoms with Gasteiger partial charge in [-0.15, -0.1) is 11.3 Å². The van der Waals surface area contributed by atoms with Crippen molar-refractivity contribution in [2.75, 3.05) is 12.4 Å². The lowest BCUT2D eigenvalue weighted by Gasteiger charge is -2.08. The van der Waals surface area contributed by atoms with Crippen molar-refractivity contribution in [3.8, 4) is 11.1 Å². The van der Waals surface area contributed by atoms with Gasteiger partial charge in [-0.3, -0.25) is 4.79 Å². The van der Waals surface area contributed by atoms with Gasteiger partial charge in [-0.1, -0.05) is 51.8 Å². The number of esters is 1. The van der Waals surface area contributed by atoms with E-state index in [2.05, 4.69) is 21.2 Å². The van der Waals surface area contributed by atoms with Crippen LogP contribution in [0.15, 0.2) is 58.4 Å². The molecule has 0 saturated heterocycles. The quantitative estimate of drug-likeness (QED) is 0.555. The highest BCUT2D eigenvalue weighted by Crippen LogP contribution is 2.36. The lowest BCUT2D eigenvalue weighted by atomic mass is 10.0. The fourth-order valence-electron chi connectivity index (χ4n) is 2.51. The van der Waals surface area contributed by atoms with Crippen LogP contribution in [0, 0.1) is 6.92 Å². The Balaban J connectivity index is 1.98. The molecule has 132 valence electrons. The first-order valence-electron chi connectivity index (χ1n) is 7.83. The van der Waals surface area contributed by atoms with E-state index in [1.807, 2.05) is 42.6 Å². The van der Waals surface area contributed by atoms with Crippen LogP contribution in [-0.4, -0.2) is 19.0 Å². The molecule has 1 N–H and O–H groups in total. The van der Waals surface area contributed by atoms with Gasteiger partial charge in [-0.05, 0) is 30.7 Å². The normalized spacial score (nSPS) is 10.4. The van der Waals surface area contributed by atoms with Crippen LogP contribution in [0.25, 0.3) is 11.1 Å². The van der Waals surface area contributed by atoms with Gasteiger partial charge in [-0.2, -0.15) is 0 Å². The summed E-state index contributed by atoms with van der Waals surface area (Å²) in [6, 6.07) is 14.9. The molecule has 2 aromatic carbocycles. The number of halogens is 1. The van der Waals surface area contributed by atoms with Crippen molar-refractivity contribution in [1.29, 1.82) is 0 Å². The van der Waals surface area contributed by atoms with Gasteiger partial charge in [0.25, 0.3) is 5.91 Å². The number of hydrogen-bond acceptors (Lipinski definition) is 4. The van der Waals surface area contributed by atoms with Crippen molar-refractivity contribution in [3.05, 3.63) is 75.1 Å². The van der Waals surface area contributed by atoms with E-state index in [9.17, 15) is 9.59 Å². The van der Waals surface area contributed by atoms with Crippen molar-refractivity contribution >= 4 is 44.1 Å². The number of carbonyl (C=O) groups excluding carboxylic acids is 2. The molecule has 0 spiro atoms. The summed E-state index contributed by atoms with van der Waals surface area (Å²) < 4.78 is 5.75. The Morgan fingerprint density at radius 1 is 1.12 bits per heavy atom. The number of amides is 1. The first-order chi connectivity index (χ1) is 12.5. The first-order valence-corrected chi connectivity index (χ1v) is 9.50. The molecule has 0 radical (unpaired) electrons. The zero-order chi connectivity index (χ0) is 18.7. The number of thiophene rings is 1. The van der Waals surface area contributed by atoms with E-state index in [1.165, 1.54) is 18.4 Å². The fourth-order valence-corrected chi connectivity index (χ4v) is 3.86. The van der Waals surface area contributed by atoms with Crippen LogP contribution in [0.1, 0.15) is 26.3 Å². The number of anilines is 1. The van der Waals surface area contributed by atoms with Crippen LogP contribution >= 0.6 is 27.3 Å². The SMILES string of the molecule is COC(=O)c1c(-c2ccc(C)cc2)csc1NC(=O)c1cccc(Br)c1. The summed E-state index contributed by atoms with van der Waals surface area (Å²) in [5.74, 6) is -0.764. The molecule has 26 heavy (non-hydrogen) atoms. The molecular formula is C20H16BrNO3S. The molecule has 1 heterocycles. The zero-order valence-corrected chi connectivity index (χ0v) is 16.6. The van der Waals surface area contributed by atoms with Gasteiger partial charge in [0.15, 0.2) is 0 Å². The predicted molar refractivity (Wildman–Crippen MR) is 108 cm³/mol. The van der Waals surface area contributed by atoms with Crippen molar-refractivity contribution in [1.82, 2.24) is 0 Å². The number of aryl methyl sites for hydroxylation is 1. The minimum absolute atomic E-state index is 0.284. The molecular weight excluding hydrogens is 414 g/mol. The number of nitrogens with one attached hydrogen (secondary N) is 1. The Morgan fingerprint density at radius 3 is 2.50 bits per heavy atom. The Morgan fingerprint density at radius 2 is 1.85 bits per heavy atom. The monoisotopic (exact) mass is 429 g/mol. The molecule has 0 aliphatic rings. The van der Waals surface area contributed by atoms with Crippen LogP contribution in [0.2, 0.25) is 0 Å². The lowest BCUT2D eigenvalue weighted by molar-refractivity contribution is 0.0603. The first kappa shape index (κ1) is 18.4. The summed E-state index contributed by atoms with van der Waals surface area (Å²) in [7, 11) is 1.33. The van der Waals surface area contributed by atoms with Crippen LogP contribution in [0.3, 0.4) is 0 Å². The maximum atomic E-state index is 12.5. The predicted octanol–water partition coefficient (Wildman–Crippen LogP) is 5.52. The Labute approximate surface area is 163 Å². The van der Waals surface area contributed by atoms with Gasteiger partial charge in [0.1, 0.15) is 10.6 Å². The third-order valence-electron chi connectivity index (χ3n) is 3.86. The van der Waals surface area contributed by atoms with Gasteiger partial charge < -0.3 is 10.1 Å². The number of hydrogen-bond donors (Lipinski definition) is 1. The van der Waals surface area contributed by atoms with Crippen molar-refractivity contribution in [2.45, 2.75) is 6.92 Å². The molecule has 0 bridgehead atoms. The van der Waals surface area contributed by atoms with Gasteiger partial charge in [0.2, 0.25) is 0 Å². The van der Waals surface area contributed by atoms with Crippen LogP contribution < -0.4 is 5.32 Å². The molecule has 0 aliphatic heterocycles. The molecule has 1 aromatic heterocycles. The second-order valence-corrected chi connectivity index (χ2v) is 7.47. The van der Waals surface area contributed by atoms with Gasteiger partial charge >= 0.3 is 5.97 Å². The smallest absolute Gasteiger partial charge is 0.341 e. The van der Waals surface area contributed by atoms with E-state index < -0.39 is 5.97 Å². The largest absolute Gasteiger partial charge is 0.465 e. The molecule has 0 unspecified atom stereocenters. The molecule has 4 nitrogen and oxygen atoms in total. The van der Waals surface area contributed by atoms with Crippen molar-refractivity contribution in [3.63, 3.8) is 0 Å². The second-order valence-electron chi connectivity index (χ2n) is 5.68. The van der Waals surface area contributed by atoms with E-state index in [1.54, 1.807) is 18.2 Å². The second kappa shape index (κ2) is 7.85. The highest BCUT2D eigenvalue weighted by atomic mass is 79.9. The Hall–Kier alpha value is -2.44. The molecule has 0 aliphatic carbocycles. The van der Waals surface area contributed by atoms with Gasteiger partial charge in [-0.25, -0.2) is 4.79 Å². The van der Waals surface area contributed by atoms with E-state index in [-0.39, 0.29) is 5.91 Å². The average molecular weight is 430 g/mol. The van der Waals surface area contributed by atoms with Crippen LogP contribution in [-0.2, 0) is 4.74 Å². The maximum absolute atomic E-state index is 12.5. The van der Waals surface area contributed by atoms with Crippen LogP contribution in [0.4, 0.5) is 5.00 Å². The van der Waals surface area contributed by atoms with Crippen molar-refractivity contribution < 1.29 is 14.3 Å². The number of ether oxygens (including phenoxy) is 1. The number of rotatable bonds is 4. The minimum Gasteiger partial charge on any atom is -0.465 e. The molecule has 0 atom stereocenters. The number of methoxy groups -OCH3 is 1. The summed E-state index contributed by atoms with van der Waals surface area (Å²) in [5.41, 5.74) is 3.64. The topological polar surface area (TPSA) is 55.4 Å². The molecule has 1 amide bonds. The third-order valence-corrected chi connectivity index (χ3v) is 5.25.